The number of rotatable bonds is 4. The molecule has 0 spiro atoms. The lowest BCUT2D eigenvalue weighted by Crippen LogP contribution is -2.36. The van der Waals surface area contributed by atoms with Crippen LogP contribution in [0.5, 0.6) is 5.88 Å². The van der Waals surface area contributed by atoms with E-state index >= 15 is 8.78 Å². The number of nitrogens with one attached hydrogen (secondary N) is 1. The molecule has 34 heavy (non-hydrogen) atoms. The fourth-order valence-electron chi connectivity index (χ4n) is 4.74. The topological polar surface area (TPSA) is 89.1 Å². The van der Waals surface area contributed by atoms with Gasteiger partial charge in [0.2, 0.25) is 5.88 Å². The third-order valence-corrected chi connectivity index (χ3v) is 6.81. The van der Waals surface area contributed by atoms with Crippen molar-refractivity contribution in [2.45, 2.75) is 24.4 Å². The molecule has 2 aromatic heterocycles. The minimum Gasteiger partial charge on any atom is -0.469 e. The van der Waals surface area contributed by atoms with Crippen LogP contribution in [0, 0.1) is 11.6 Å². The molecule has 0 saturated carbocycles. The van der Waals surface area contributed by atoms with Gasteiger partial charge in [-0.05, 0) is 24.3 Å². The van der Waals surface area contributed by atoms with E-state index in [-0.39, 0.29) is 35.4 Å². The van der Waals surface area contributed by atoms with E-state index in [2.05, 4.69) is 9.97 Å². The van der Waals surface area contributed by atoms with Crippen LogP contribution in [-0.2, 0) is 14.2 Å². The Hall–Kier alpha value is -2.50. The van der Waals surface area contributed by atoms with Crippen molar-refractivity contribution in [3.8, 4) is 17.1 Å². The van der Waals surface area contributed by atoms with E-state index in [4.69, 9.17) is 30.5 Å². The van der Waals surface area contributed by atoms with Crippen LogP contribution >= 0.6 is 11.6 Å². The maximum Gasteiger partial charge on any atom is 0.213 e. The third kappa shape index (κ3) is 3.70. The molecular weight excluding hydrogens is 472 g/mol. The van der Waals surface area contributed by atoms with Crippen LogP contribution in [0.1, 0.15) is 0 Å². The Bertz CT molecular complexity index is 1210. The lowest BCUT2D eigenvalue weighted by atomic mass is 10.1. The Balaban J connectivity index is 1.29. The van der Waals surface area contributed by atoms with Gasteiger partial charge in [-0.3, -0.25) is 0 Å². The first kappa shape index (κ1) is 22.0. The molecule has 4 atom stereocenters. The average molecular weight is 494 g/mol. The Morgan fingerprint density at radius 1 is 1.09 bits per heavy atom. The number of benzene rings is 1. The van der Waals surface area contributed by atoms with Gasteiger partial charge in [-0.1, -0.05) is 11.6 Å². The standard InChI is InChI=1S/C23H22ClF2N3O5/c24-19-20-15(28-23(19)34-17-10-33-21-16(30)9-32-22(17)21)2-1-14(27-20)18-12(25)7-11(8-13(18)26)29-3-5-31-6-4-29/h1-2,7-8,16-17,21-22,28,30H,3-6,9-10H2/t16-,17-,21-,22-/m1/s1. The highest BCUT2D eigenvalue weighted by Crippen LogP contribution is 2.38. The van der Waals surface area contributed by atoms with Gasteiger partial charge in [-0.2, -0.15) is 0 Å². The first-order chi connectivity index (χ1) is 16.5. The van der Waals surface area contributed by atoms with E-state index in [1.165, 1.54) is 18.2 Å². The van der Waals surface area contributed by atoms with E-state index in [1.807, 2.05) is 4.90 Å². The quantitative estimate of drug-likeness (QED) is 0.577. The van der Waals surface area contributed by atoms with Gasteiger partial charge in [0.1, 0.15) is 40.5 Å². The van der Waals surface area contributed by atoms with E-state index < -0.39 is 36.1 Å². The number of pyridine rings is 1. The fraction of sp³-hybridized carbons (Fsp3) is 0.435. The number of hydrogen-bond acceptors (Lipinski definition) is 7. The Morgan fingerprint density at radius 2 is 1.82 bits per heavy atom. The minimum absolute atomic E-state index is 0.120. The van der Waals surface area contributed by atoms with E-state index in [1.54, 1.807) is 6.07 Å². The van der Waals surface area contributed by atoms with Gasteiger partial charge in [0, 0.05) is 18.8 Å². The third-order valence-electron chi connectivity index (χ3n) is 6.46. The Kier molecular flexibility index (Phi) is 5.57. The second kappa shape index (κ2) is 8.62. The number of aliphatic hydroxyl groups is 1. The summed E-state index contributed by atoms with van der Waals surface area (Å²) in [5, 5.41) is 10.1. The molecule has 180 valence electrons. The zero-order valence-corrected chi connectivity index (χ0v) is 18.7. The number of anilines is 1. The summed E-state index contributed by atoms with van der Waals surface area (Å²) in [7, 11) is 0. The highest BCUT2D eigenvalue weighted by Gasteiger charge is 2.48. The molecule has 3 aromatic rings. The van der Waals surface area contributed by atoms with Crippen molar-refractivity contribution in [3.05, 3.63) is 40.9 Å². The summed E-state index contributed by atoms with van der Waals surface area (Å²) in [6, 6.07) is 5.81. The highest BCUT2D eigenvalue weighted by atomic mass is 35.5. The number of aliphatic hydroxyl groups excluding tert-OH is 1. The summed E-state index contributed by atoms with van der Waals surface area (Å²) in [5.74, 6) is -1.16. The van der Waals surface area contributed by atoms with Crippen LogP contribution in [0.15, 0.2) is 24.3 Å². The molecule has 0 bridgehead atoms. The van der Waals surface area contributed by atoms with Gasteiger partial charge in [-0.15, -0.1) is 0 Å². The second-order valence-corrected chi connectivity index (χ2v) is 8.94. The van der Waals surface area contributed by atoms with Gasteiger partial charge >= 0.3 is 0 Å². The van der Waals surface area contributed by atoms with Gasteiger partial charge in [0.25, 0.3) is 0 Å². The summed E-state index contributed by atoms with van der Waals surface area (Å²) >= 11 is 6.52. The predicted molar refractivity (Wildman–Crippen MR) is 119 cm³/mol. The van der Waals surface area contributed by atoms with E-state index in [0.717, 1.165) is 0 Å². The first-order valence-electron chi connectivity index (χ1n) is 11.1. The smallest absolute Gasteiger partial charge is 0.213 e. The zero-order valence-electron chi connectivity index (χ0n) is 18.0. The molecule has 0 radical (unpaired) electrons. The van der Waals surface area contributed by atoms with Gasteiger partial charge < -0.3 is 33.9 Å². The average Bonchev–Trinajstić information content (AvgIpc) is 3.50. The van der Waals surface area contributed by atoms with Crippen molar-refractivity contribution in [2.75, 3.05) is 44.4 Å². The predicted octanol–water partition coefficient (Wildman–Crippen LogP) is 2.90. The molecule has 3 fully saturated rings. The number of aromatic amines is 1. The van der Waals surface area contributed by atoms with Crippen molar-refractivity contribution < 1.29 is 32.8 Å². The minimum atomic E-state index is -0.706. The lowest BCUT2D eigenvalue weighted by Gasteiger charge is -2.29. The molecular formula is C23H22ClF2N3O5. The summed E-state index contributed by atoms with van der Waals surface area (Å²) in [4.78, 5) is 9.35. The van der Waals surface area contributed by atoms with Crippen LogP contribution in [0.2, 0.25) is 5.02 Å². The highest BCUT2D eigenvalue weighted by molar-refractivity contribution is 6.36. The van der Waals surface area contributed by atoms with Crippen molar-refractivity contribution in [1.29, 1.82) is 0 Å². The van der Waals surface area contributed by atoms with Crippen LogP contribution in [0.25, 0.3) is 22.3 Å². The largest absolute Gasteiger partial charge is 0.469 e. The van der Waals surface area contributed by atoms with Crippen LogP contribution in [0.4, 0.5) is 14.5 Å². The number of fused-ring (bicyclic) bond motifs is 2. The van der Waals surface area contributed by atoms with Crippen LogP contribution < -0.4 is 9.64 Å². The van der Waals surface area contributed by atoms with Gasteiger partial charge in [0.05, 0.1) is 43.2 Å². The number of H-pyrrole nitrogens is 1. The van der Waals surface area contributed by atoms with Crippen molar-refractivity contribution in [1.82, 2.24) is 9.97 Å². The number of hydrogen-bond donors (Lipinski definition) is 2. The van der Waals surface area contributed by atoms with E-state index in [9.17, 15) is 5.11 Å². The molecule has 8 nitrogen and oxygen atoms in total. The Labute approximate surface area is 198 Å². The number of morpholine rings is 1. The van der Waals surface area contributed by atoms with Crippen molar-refractivity contribution in [2.24, 2.45) is 0 Å². The van der Waals surface area contributed by atoms with Crippen LogP contribution in [0.3, 0.4) is 0 Å². The molecule has 3 aliphatic rings. The fourth-order valence-corrected chi connectivity index (χ4v) is 4.97. The monoisotopic (exact) mass is 493 g/mol. The van der Waals surface area contributed by atoms with Crippen molar-refractivity contribution >= 4 is 28.3 Å². The number of aromatic nitrogens is 2. The molecule has 3 saturated heterocycles. The first-order valence-corrected chi connectivity index (χ1v) is 11.5. The molecule has 0 unspecified atom stereocenters. The van der Waals surface area contributed by atoms with Gasteiger partial charge in [-0.25, -0.2) is 13.8 Å². The summed E-state index contributed by atoms with van der Waals surface area (Å²) < 4.78 is 52.5. The lowest BCUT2D eigenvalue weighted by molar-refractivity contribution is 0.00796. The van der Waals surface area contributed by atoms with E-state index in [0.29, 0.717) is 43.0 Å². The molecule has 0 amide bonds. The second-order valence-electron chi connectivity index (χ2n) is 8.56. The summed E-state index contributed by atoms with van der Waals surface area (Å²) in [6.07, 6.45) is -2.01. The summed E-state index contributed by atoms with van der Waals surface area (Å²) in [5.41, 5.74) is 1.24. The molecule has 6 rings (SSSR count). The molecule has 0 aliphatic carbocycles. The maximum atomic E-state index is 15.0. The molecule has 3 aliphatic heterocycles. The normalized spacial score (nSPS) is 26.9. The molecule has 11 heteroatoms. The maximum absolute atomic E-state index is 15.0. The zero-order chi connectivity index (χ0) is 23.4. The number of halogens is 3. The van der Waals surface area contributed by atoms with Crippen LogP contribution in [-0.4, -0.2) is 79.0 Å². The Morgan fingerprint density at radius 3 is 2.59 bits per heavy atom. The summed E-state index contributed by atoms with van der Waals surface area (Å²) in [6.45, 7) is 2.59. The molecule has 2 N–H and O–H groups in total. The van der Waals surface area contributed by atoms with Crippen molar-refractivity contribution in [3.63, 3.8) is 0 Å². The molecule has 1 aromatic carbocycles. The molecule has 5 heterocycles. The van der Waals surface area contributed by atoms with Gasteiger partial charge in [0.15, 0.2) is 6.10 Å². The SMILES string of the molecule is O[C@@H]1CO[C@H]2[C@@H]1OC[C@H]2Oc1[nH]c2ccc(-c3c(F)cc(N4CCOCC4)cc3F)nc2c1Cl. The number of ether oxygens (including phenoxy) is 4. The number of nitrogens with zero attached hydrogens (tertiary/aromatic N) is 2.